The molecule has 4 nitrogen and oxygen atoms in total. The summed E-state index contributed by atoms with van der Waals surface area (Å²) in [7, 11) is -3.49. The molecule has 1 aromatic carbocycles. The van der Waals surface area contributed by atoms with Gasteiger partial charge in [0.05, 0.1) is 6.04 Å². The fraction of sp³-hybridized carbons (Fsp3) is 0.467. The van der Waals surface area contributed by atoms with E-state index in [4.69, 9.17) is 4.18 Å². The highest BCUT2D eigenvalue weighted by Gasteiger charge is 2.35. The zero-order valence-corrected chi connectivity index (χ0v) is 13.0. The van der Waals surface area contributed by atoms with E-state index >= 15 is 0 Å². The second-order valence-electron chi connectivity index (χ2n) is 4.88. The molecule has 0 spiro atoms. The number of rotatable bonds is 4. The lowest BCUT2D eigenvalue weighted by atomic mass is 9.97. The molecule has 0 bridgehead atoms. The van der Waals surface area contributed by atoms with Gasteiger partial charge in [-0.05, 0) is 25.6 Å². The topological polar surface area (TPSA) is 46.6 Å². The van der Waals surface area contributed by atoms with Gasteiger partial charge in [0.15, 0.2) is 0 Å². The molecule has 1 aliphatic rings. The molecule has 0 amide bonds. The second-order valence-corrected chi connectivity index (χ2v) is 6.50. The molecule has 1 unspecified atom stereocenters. The summed E-state index contributed by atoms with van der Waals surface area (Å²) in [5.41, 5.74) is 2.00. The normalized spacial score (nSPS) is 21.9. The lowest BCUT2D eigenvalue weighted by Gasteiger charge is -2.35. The smallest absolute Gasteiger partial charge is 0.310 e. The van der Waals surface area contributed by atoms with Crippen molar-refractivity contribution in [2.45, 2.75) is 26.8 Å². The highest BCUT2D eigenvalue weighted by Crippen LogP contribution is 2.32. The minimum absolute atomic E-state index is 0.0102. The van der Waals surface area contributed by atoms with Gasteiger partial charge in [-0.15, -0.1) is 0 Å². The van der Waals surface area contributed by atoms with E-state index in [1.807, 2.05) is 44.2 Å². The summed E-state index contributed by atoms with van der Waals surface area (Å²) < 4.78 is 28.9. The fourth-order valence-electron chi connectivity index (χ4n) is 2.75. The summed E-state index contributed by atoms with van der Waals surface area (Å²) in [6.45, 7) is 7.43. The first kappa shape index (κ1) is 15.1. The molecule has 110 valence electrons. The molecular formula is C15H21NO3S. The predicted octanol–water partition coefficient (Wildman–Crippen LogP) is 2.49. The molecule has 1 aromatic rings. The molecule has 0 fully saturated rings. The van der Waals surface area contributed by atoms with Crippen molar-refractivity contribution in [2.75, 3.05) is 18.8 Å². The minimum Gasteiger partial charge on any atom is -0.387 e. The molecule has 0 aliphatic carbocycles. The van der Waals surface area contributed by atoms with Crippen molar-refractivity contribution >= 4 is 15.7 Å². The van der Waals surface area contributed by atoms with Gasteiger partial charge in [0.25, 0.3) is 0 Å². The zero-order chi connectivity index (χ0) is 14.8. The first-order valence-corrected chi connectivity index (χ1v) is 8.48. The highest BCUT2D eigenvalue weighted by atomic mass is 32.2. The number of hydrogen-bond donors (Lipinski definition) is 0. The maximum Gasteiger partial charge on any atom is 0.310 e. The number of hydrogen-bond acceptors (Lipinski definition) is 4. The summed E-state index contributed by atoms with van der Waals surface area (Å²) in [6.07, 6.45) is 0. The van der Waals surface area contributed by atoms with Crippen LogP contribution in [-0.4, -0.2) is 38.2 Å². The van der Waals surface area contributed by atoms with E-state index in [1.165, 1.54) is 0 Å². The predicted molar refractivity (Wildman–Crippen MR) is 80.6 cm³/mol. The molecule has 1 heterocycles. The van der Waals surface area contributed by atoms with E-state index in [1.54, 1.807) is 6.92 Å². The summed E-state index contributed by atoms with van der Waals surface area (Å²) in [5, 5.41) is 0. The van der Waals surface area contributed by atoms with Gasteiger partial charge in [-0.3, -0.25) is 4.90 Å². The van der Waals surface area contributed by atoms with Crippen molar-refractivity contribution in [3.05, 3.63) is 41.7 Å². The molecule has 0 aromatic heterocycles. The lowest BCUT2D eigenvalue weighted by molar-refractivity contribution is 0.260. The van der Waals surface area contributed by atoms with Crippen LogP contribution in [0.4, 0.5) is 0 Å². The van der Waals surface area contributed by atoms with Gasteiger partial charge in [0, 0.05) is 5.57 Å². The third-order valence-corrected chi connectivity index (χ3v) is 4.89. The Bertz CT molecular complexity index is 589. The van der Waals surface area contributed by atoms with Crippen LogP contribution in [-0.2, 0) is 14.3 Å². The molecule has 0 saturated carbocycles. The number of allylic oxidation sites excluding steroid dienone is 1. The standard InChI is InChI=1S/C15H21NO3S/c1-4-16(5-2)14-11-20(17,18)19-12(3)15(14)13-9-7-6-8-10-13/h6-10,14H,4-5,11H2,1-3H3. The molecule has 20 heavy (non-hydrogen) atoms. The van der Waals surface area contributed by atoms with Gasteiger partial charge in [0.1, 0.15) is 11.5 Å². The van der Waals surface area contributed by atoms with E-state index in [-0.39, 0.29) is 11.8 Å². The zero-order valence-electron chi connectivity index (χ0n) is 12.2. The van der Waals surface area contributed by atoms with Gasteiger partial charge < -0.3 is 4.18 Å². The third kappa shape index (κ3) is 3.04. The second kappa shape index (κ2) is 5.97. The number of benzene rings is 1. The Morgan fingerprint density at radius 2 is 1.80 bits per heavy atom. The van der Waals surface area contributed by atoms with E-state index in [9.17, 15) is 8.42 Å². The average molecular weight is 295 g/mol. The quantitative estimate of drug-likeness (QED) is 0.801. The first-order chi connectivity index (χ1) is 9.48. The maximum absolute atomic E-state index is 11.9. The van der Waals surface area contributed by atoms with Gasteiger partial charge in [-0.2, -0.15) is 8.42 Å². The highest BCUT2D eigenvalue weighted by molar-refractivity contribution is 7.86. The van der Waals surface area contributed by atoms with Crippen molar-refractivity contribution in [3.63, 3.8) is 0 Å². The Balaban J connectivity index is 2.53. The van der Waals surface area contributed by atoms with E-state index < -0.39 is 10.1 Å². The van der Waals surface area contributed by atoms with Gasteiger partial charge >= 0.3 is 10.1 Å². The van der Waals surface area contributed by atoms with Crippen LogP contribution in [0.5, 0.6) is 0 Å². The molecule has 0 radical (unpaired) electrons. The van der Waals surface area contributed by atoms with Gasteiger partial charge in [-0.1, -0.05) is 44.2 Å². The third-order valence-electron chi connectivity index (χ3n) is 3.66. The first-order valence-electron chi connectivity index (χ1n) is 6.91. The van der Waals surface area contributed by atoms with E-state index in [0.29, 0.717) is 5.76 Å². The van der Waals surface area contributed by atoms with Crippen molar-refractivity contribution in [1.29, 1.82) is 0 Å². The summed E-state index contributed by atoms with van der Waals surface area (Å²) in [4.78, 5) is 2.16. The molecule has 1 aliphatic heterocycles. The number of likely N-dealkylation sites (N-methyl/N-ethyl adjacent to an activating group) is 1. The Kier molecular flexibility index (Phi) is 4.50. The van der Waals surface area contributed by atoms with Crippen molar-refractivity contribution < 1.29 is 12.6 Å². The molecule has 5 heteroatoms. The summed E-state index contributed by atoms with van der Waals surface area (Å²) in [6, 6.07) is 9.71. The van der Waals surface area contributed by atoms with E-state index in [0.717, 1.165) is 24.2 Å². The molecule has 0 N–H and O–H groups in total. The minimum atomic E-state index is -3.49. The van der Waals surface area contributed by atoms with E-state index in [2.05, 4.69) is 4.90 Å². The maximum atomic E-state index is 11.9. The molecular weight excluding hydrogens is 274 g/mol. The SMILES string of the molecule is CCN(CC)C1CS(=O)(=O)OC(C)=C1c1ccccc1. The van der Waals surface area contributed by atoms with Crippen LogP contribution in [0, 0.1) is 0 Å². The Labute approximate surface area is 121 Å². The van der Waals surface area contributed by atoms with Crippen molar-refractivity contribution in [1.82, 2.24) is 4.90 Å². The fourth-order valence-corrected chi connectivity index (χ4v) is 4.05. The van der Waals surface area contributed by atoms with Crippen LogP contribution in [0.15, 0.2) is 36.1 Å². The average Bonchev–Trinajstić information content (AvgIpc) is 2.39. The number of nitrogens with zero attached hydrogens (tertiary/aromatic N) is 1. The van der Waals surface area contributed by atoms with Crippen LogP contribution >= 0.6 is 0 Å². The lowest BCUT2D eigenvalue weighted by Crippen LogP contribution is -2.43. The molecule has 1 atom stereocenters. The van der Waals surface area contributed by atoms with Crippen molar-refractivity contribution in [3.8, 4) is 0 Å². The van der Waals surface area contributed by atoms with Crippen LogP contribution in [0.1, 0.15) is 26.3 Å². The Hall–Kier alpha value is -1.33. The Morgan fingerprint density at radius 1 is 1.20 bits per heavy atom. The Morgan fingerprint density at radius 3 is 2.35 bits per heavy atom. The van der Waals surface area contributed by atoms with Crippen LogP contribution in [0.25, 0.3) is 5.57 Å². The monoisotopic (exact) mass is 295 g/mol. The molecule has 0 saturated heterocycles. The summed E-state index contributed by atoms with van der Waals surface area (Å²) in [5.74, 6) is 0.496. The van der Waals surface area contributed by atoms with Crippen molar-refractivity contribution in [2.24, 2.45) is 0 Å². The van der Waals surface area contributed by atoms with Gasteiger partial charge in [0.2, 0.25) is 0 Å². The molecule has 2 rings (SSSR count). The van der Waals surface area contributed by atoms with Crippen LogP contribution in [0.3, 0.4) is 0 Å². The van der Waals surface area contributed by atoms with Crippen LogP contribution < -0.4 is 0 Å². The van der Waals surface area contributed by atoms with Gasteiger partial charge in [-0.25, -0.2) is 0 Å². The summed E-state index contributed by atoms with van der Waals surface area (Å²) >= 11 is 0. The van der Waals surface area contributed by atoms with Crippen LogP contribution in [0.2, 0.25) is 0 Å². The largest absolute Gasteiger partial charge is 0.387 e.